The molecule has 3 atom stereocenters. The van der Waals surface area contributed by atoms with Gasteiger partial charge in [-0.1, -0.05) is 31.2 Å². The van der Waals surface area contributed by atoms with Gasteiger partial charge in [0, 0.05) is 29.6 Å². The number of amides is 1. The summed E-state index contributed by atoms with van der Waals surface area (Å²) in [4.78, 5) is 40.6. The van der Waals surface area contributed by atoms with Gasteiger partial charge in [0.15, 0.2) is 0 Å². The highest BCUT2D eigenvalue weighted by molar-refractivity contribution is 6.14. The number of anilines is 1. The van der Waals surface area contributed by atoms with E-state index < -0.39 is 28.7 Å². The first-order valence-corrected chi connectivity index (χ1v) is 11.6. The monoisotopic (exact) mass is 474 g/mol. The topological polar surface area (TPSA) is 143 Å². The molecule has 1 aromatic heterocycles. The lowest BCUT2D eigenvalue weighted by Crippen LogP contribution is -2.58. The van der Waals surface area contributed by atoms with E-state index in [4.69, 9.17) is 16.2 Å². The van der Waals surface area contributed by atoms with Gasteiger partial charge in [0.1, 0.15) is 11.4 Å². The summed E-state index contributed by atoms with van der Waals surface area (Å²) in [5, 5.41) is 12.3. The number of rotatable bonds is 4. The van der Waals surface area contributed by atoms with Crippen LogP contribution in [-0.2, 0) is 18.4 Å². The van der Waals surface area contributed by atoms with E-state index in [0.717, 1.165) is 23.0 Å². The molecule has 2 aromatic carbocycles. The minimum Gasteiger partial charge on any atom is -0.454 e. The Kier molecular flexibility index (Phi) is 4.11. The molecular weight excluding hydrogens is 448 g/mol. The highest BCUT2D eigenvalue weighted by atomic mass is 16.6. The molecule has 0 bridgehead atoms. The lowest BCUT2D eigenvalue weighted by Gasteiger charge is -2.35. The highest BCUT2D eigenvalue weighted by Gasteiger charge is 2.73. The van der Waals surface area contributed by atoms with Gasteiger partial charge in [-0.2, -0.15) is 0 Å². The van der Waals surface area contributed by atoms with Crippen LogP contribution in [0, 0.1) is 12.8 Å². The van der Waals surface area contributed by atoms with Crippen LogP contribution in [-0.4, -0.2) is 25.9 Å². The normalized spacial score (nSPS) is 25.1. The van der Waals surface area contributed by atoms with Gasteiger partial charge in [-0.25, -0.2) is 4.79 Å². The molecule has 2 heterocycles. The van der Waals surface area contributed by atoms with Crippen LogP contribution in [0.5, 0.6) is 5.75 Å². The average Bonchev–Trinajstić information content (AvgIpc) is 3.56. The van der Waals surface area contributed by atoms with Crippen molar-refractivity contribution in [3.8, 4) is 5.75 Å². The fourth-order valence-electron chi connectivity index (χ4n) is 5.99. The molecule has 5 N–H and O–H groups in total. The molecule has 1 aliphatic heterocycles. The number of nitrogens with two attached hydrogens (primary N) is 2. The number of imidazole rings is 1. The van der Waals surface area contributed by atoms with Crippen molar-refractivity contribution in [1.82, 2.24) is 9.13 Å². The summed E-state index contributed by atoms with van der Waals surface area (Å²) in [6.07, 6.45) is 2.30. The summed E-state index contributed by atoms with van der Waals surface area (Å²) in [6.45, 7) is 3.70. The number of primary amides is 1. The van der Waals surface area contributed by atoms with Crippen LogP contribution < -0.4 is 21.9 Å². The molecule has 35 heavy (non-hydrogen) atoms. The lowest BCUT2D eigenvalue weighted by molar-refractivity contribution is -0.171. The predicted octanol–water partition coefficient (Wildman–Crippen LogP) is 1.87. The van der Waals surface area contributed by atoms with Gasteiger partial charge in [0.25, 0.3) is 11.7 Å². The van der Waals surface area contributed by atoms with Gasteiger partial charge in [-0.3, -0.25) is 18.7 Å². The number of carbonyl (C=O) groups excluding carboxylic acids is 2. The number of nitrogen functional groups attached to an aromatic ring is 1. The quantitative estimate of drug-likeness (QED) is 0.493. The second-order valence-corrected chi connectivity index (χ2v) is 9.91. The predicted molar refractivity (Wildman–Crippen MR) is 127 cm³/mol. The Morgan fingerprint density at radius 3 is 2.57 bits per heavy atom. The van der Waals surface area contributed by atoms with Gasteiger partial charge in [-0.15, -0.1) is 0 Å². The molecule has 2 aliphatic carbocycles. The zero-order chi connectivity index (χ0) is 25.0. The highest BCUT2D eigenvalue weighted by Crippen LogP contribution is 2.61. The molecule has 9 nitrogen and oxygen atoms in total. The van der Waals surface area contributed by atoms with E-state index in [1.54, 1.807) is 31.2 Å². The maximum atomic E-state index is 14.3. The number of benzene rings is 2. The summed E-state index contributed by atoms with van der Waals surface area (Å²) in [5.41, 5.74) is 10.8. The summed E-state index contributed by atoms with van der Waals surface area (Å²) in [6, 6.07) is 10.1. The molecule has 1 saturated carbocycles. The van der Waals surface area contributed by atoms with E-state index in [1.807, 2.05) is 12.1 Å². The van der Waals surface area contributed by atoms with Crippen LogP contribution in [0.15, 0.2) is 41.2 Å². The smallest absolute Gasteiger partial charge is 0.330 e. The third kappa shape index (κ3) is 2.38. The molecule has 3 aliphatic rings. The van der Waals surface area contributed by atoms with Crippen molar-refractivity contribution < 1.29 is 19.4 Å². The van der Waals surface area contributed by atoms with Crippen LogP contribution >= 0.6 is 0 Å². The van der Waals surface area contributed by atoms with E-state index in [0.29, 0.717) is 5.92 Å². The molecule has 0 radical (unpaired) electrons. The van der Waals surface area contributed by atoms with Crippen molar-refractivity contribution in [2.45, 2.75) is 43.9 Å². The first-order chi connectivity index (χ1) is 16.6. The van der Waals surface area contributed by atoms with E-state index >= 15 is 0 Å². The molecule has 2 unspecified atom stereocenters. The molecule has 1 amide bonds. The van der Waals surface area contributed by atoms with Crippen LogP contribution in [0.1, 0.15) is 68.9 Å². The lowest BCUT2D eigenvalue weighted by atomic mass is 9.81. The van der Waals surface area contributed by atoms with Gasteiger partial charge >= 0.3 is 5.69 Å². The second-order valence-electron chi connectivity index (χ2n) is 9.91. The molecule has 9 heteroatoms. The van der Waals surface area contributed by atoms with Crippen LogP contribution in [0.3, 0.4) is 0 Å². The number of fused-ring (bicyclic) bond motifs is 5. The van der Waals surface area contributed by atoms with Gasteiger partial charge in [0.05, 0.1) is 5.56 Å². The Bertz CT molecular complexity index is 1530. The van der Waals surface area contributed by atoms with Crippen molar-refractivity contribution in [3.05, 3.63) is 80.5 Å². The molecule has 0 saturated heterocycles. The van der Waals surface area contributed by atoms with Crippen LogP contribution in [0.2, 0.25) is 0 Å². The minimum absolute atomic E-state index is 0.0555. The molecule has 1 fully saturated rings. The number of ether oxygens (including phenoxy) is 1. The van der Waals surface area contributed by atoms with E-state index in [2.05, 4.69) is 6.92 Å². The summed E-state index contributed by atoms with van der Waals surface area (Å²) < 4.78 is 8.45. The number of aliphatic hydroxyl groups is 1. The van der Waals surface area contributed by atoms with Crippen molar-refractivity contribution in [2.75, 3.05) is 5.73 Å². The zero-order valence-electron chi connectivity index (χ0n) is 19.7. The number of hydrogen-bond donors (Lipinski definition) is 3. The van der Waals surface area contributed by atoms with Crippen LogP contribution in [0.4, 0.5) is 5.69 Å². The summed E-state index contributed by atoms with van der Waals surface area (Å²) >= 11 is 0. The number of nitrogens with zero attached hydrogens (tertiary/aromatic N) is 2. The second kappa shape index (κ2) is 6.63. The number of carbonyl (C=O) groups is 2. The molecular formula is C26H26N4O5. The van der Waals surface area contributed by atoms with Crippen molar-refractivity contribution in [2.24, 2.45) is 18.7 Å². The number of Topliss-reactive ketones (excluding diaryl/α,β-unsaturated/α-hetero) is 1. The van der Waals surface area contributed by atoms with Gasteiger partial charge in [-0.05, 0) is 49.3 Å². The van der Waals surface area contributed by atoms with E-state index in [1.165, 1.54) is 11.6 Å². The van der Waals surface area contributed by atoms with Crippen molar-refractivity contribution in [1.29, 1.82) is 0 Å². The Morgan fingerprint density at radius 1 is 1.20 bits per heavy atom. The summed E-state index contributed by atoms with van der Waals surface area (Å²) in [7, 11) is 1.48. The van der Waals surface area contributed by atoms with E-state index in [9.17, 15) is 19.5 Å². The van der Waals surface area contributed by atoms with Crippen molar-refractivity contribution >= 4 is 17.4 Å². The third-order valence-electron chi connectivity index (χ3n) is 8.13. The molecule has 0 spiro atoms. The van der Waals surface area contributed by atoms with E-state index in [-0.39, 0.29) is 45.4 Å². The van der Waals surface area contributed by atoms with Gasteiger partial charge < -0.3 is 21.3 Å². The molecule has 180 valence electrons. The maximum absolute atomic E-state index is 14.3. The largest absolute Gasteiger partial charge is 0.454 e. The Hall–Kier alpha value is -3.85. The Balaban J connectivity index is 1.73. The number of hydrogen-bond acceptors (Lipinski definition) is 6. The molecule has 6 rings (SSSR count). The maximum Gasteiger partial charge on any atom is 0.330 e. The van der Waals surface area contributed by atoms with Crippen LogP contribution in [0.25, 0.3) is 0 Å². The fraction of sp³-hybridized carbons (Fsp3) is 0.346. The Labute approximate surface area is 200 Å². The van der Waals surface area contributed by atoms with Crippen molar-refractivity contribution in [3.63, 3.8) is 0 Å². The van der Waals surface area contributed by atoms with Gasteiger partial charge in [0.2, 0.25) is 11.3 Å². The minimum atomic E-state index is -2.32. The zero-order valence-corrected chi connectivity index (χ0v) is 19.7. The summed E-state index contributed by atoms with van der Waals surface area (Å²) in [5.74, 6) is -2.72. The number of aromatic nitrogens is 2. The molecule has 3 aromatic rings. The SMILES string of the molecule is Cc1c(C(N)=O)n(C23C(=O)c4c(N)cccc4C2(O)Oc2cc([C@H](C)C4CC4)ccc23)c(=O)n1C. The first kappa shape index (κ1) is 21.7. The number of ketones is 1. The Morgan fingerprint density at radius 2 is 1.91 bits per heavy atom. The average molecular weight is 475 g/mol. The third-order valence-corrected chi connectivity index (χ3v) is 8.13. The first-order valence-electron chi connectivity index (χ1n) is 11.6. The standard InChI is InChI=1S/C26H26N4O5/c1-12(14-7-8-14)15-9-10-16-19(11-15)35-26(34)17-5-4-6-18(27)20(17)22(31)25(16,26)30-21(23(28)32)13(2)29(3)24(30)33/h4-6,9-12,14,34H,7-8,27H2,1-3H3,(H2,28,32)/t12-,25?,26?/m1/s1. The fourth-order valence-corrected chi connectivity index (χ4v) is 5.99.